The zero-order valence-electron chi connectivity index (χ0n) is 9.53. The maximum Gasteiger partial charge on any atom is 0.281 e. The third-order valence-corrected chi connectivity index (χ3v) is 3.76. The third kappa shape index (κ3) is 3.28. The predicted octanol–water partition coefficient (Wildman–Crippen LogP) is 0.396. The highest BCUT2D eigenvalue weighted by Gasteiger charge is 2.21. The molecular formula is C11H18N3OS+. The SMILES string of the molecule is CC1CC[NH+](CC(=O)Nc2nccs2)CC1. The molecule has 1 aromatic rings. The molecule has 0 spiro atoms. The number of amides is 1. The van der Waals surface area contributed by atoms with Crippen LogP contribution in [0.2, 0.25) is 0 Å². The number of hydrogen-bond acceptors (Lipinski definition) is 3. The zero-order valence-corrected chi connectivity index (χ0v) is 10.3. The summed E-state index contributed by atoms with van der Waals surface area (Å²) in [5.74, 6) is 0.908. The highest BCUT2D eigenvalue weighted by molar-refractivity contribution is 7.13. The average molecular weight is 240 g/mol. The van der Waals surface area contributed by atoms with Gasteiger partial charge in [0.1, 0.15) is 0 Å². The fourth-order valence-electron chi connectivity index (χ4n) is 2.02. The lowest BCUT2D eigenvalue weighted by Crippen LogP contribution is -3.14. The van der Waals surface area contributed by atoms with Crippen LogP contribution in [0.15, 0.2) is 11.6 Å². The fraction of sp³-hybridized carbons (Fsp3) is 0.636. The molecule has 2 N–H and O–H groups in total. The van der Waals surface area contributed by atoms with Gasteiger partial charge in [-0.3, -0.25) is 10.1 Å². The molecule has 1 saturated heterocycles. The van der Waals surface area contributed by atoms with Crippen molar-refractivity contribution in [2.45, 2.75) is 19.8 Å². The number of anilines is 1. The summed E-state index contributed by atoms with van der Waals surface area (Å²) in [6, 6.07) is 0. The summed E-state index contributed by atoms with van der Waals surface area (Å²) in [4.78, 5) is 17.1. The van der Waals surface area contributed by atoms with E-state index in [-0.39, 0.29) is 5.91 Å². The lowest BCUT2D eigenvalue weighted by molar-refractivity contribution is -0.897. The minimum atomic E-state index is 0.0829. The van der Waals surface area contributed by atoms with E-state index in [1.807, 2.05) is 5.38 Å². The molecule has 0 aliphatic carbocycles. The molecular weight excluding hydrogens is 222 g/mol. The number of carbonyl (C=O) groups is 1. The van der Waals surface area contributed by atoms with E-state index in [0.717, 1.165) is 19.0 Å². The standard InChI is InChI=1S/C11H17N3OS/c1-9-2-5-14(6-3-9)8-10(15)13-11-12-4-7-16-11/h4,7,9H,2-3,5-6,8H2,1H3,(H,12,13,15)/p+1. The lowest BCUT2D eigenvalue weighted by Gasteiger charge is -2.26. The second kappa shape index (κ2) is 5.41. The topological polar surface area (TPSA) is 46.4 Å². The first-order chi connectivity index (χ1) is 7.74. The van der Waals surface area contributed by atoms with E-state index in [0.29, 0.717) is 11.7 Å². The Morgan fingerprint density at radius 1 is 1.62 bits per heavy atom. The van der Waals surface area contributed by atoms with Crippen LogP contribution in [0.25, 0.3) is 0 Å². The molecule has 1 aliphatic heterocycles. The van der Waals surface area contributed by atoms with E-state index in [1.54, 1.807) is 6.20 Å². The van der Waals surface area contributed by atoms with Gasteiger partial charge in [-0.15, -0.1) is 11.3 Å². The molecule has 0 saturated carbocycles. The van der Waals surface area contributed by atoms with Gasteiger partial charge in [-0.05, 0) is 18.8 Å². The highest BCUT2D eigenvalue weighted by Crippen LogP contribution is 2.09. The van der Waals surface area contributed by atoms with Gasteiger partial charge in [-0.25, -0.2) is 4.98 Å². The summed E-state index contributed by atoms with van der Waals surface area (Å²) >= 11 is 1.46. The average Bonchev–Trinajstić information content (AvgIpc) is 2.74. The molecule has 1 amide bonds. The maximum absolute atomic E-state index is 11.7. The summed E-state index contributed by atoms with van der Waals surface area (Å²) in [5, 5.41) is 5.40. The third-order valence-electron chi connectivity index (χ3n) is 3.07. The normalized spacial score (nSPS) is 25.3. The second-order valence-electron chi connectivity index (χ2n) is 4.49. The Balaban J connectivity index is 1.75. The van der Waals surface area contributed by atoms with Crippen molar-refractivity contribution in [2.75, 3.05) is 25.0 Å². The summed E-state index contributed by atoms with van der Waals surface area (Å²) < 4.78 is 0. The van der Waals surface area contributed by atoms with Crippen LogP contribution in [0.4, 0.5) is 5.13 Å². The molecule has 2 heterocycles. The van der Waals surface area contributed by atoms with Crippen LogP contribution in [-0.2, 0) is 4.79 Å². The Morgan fingerprint density at radius 3 is 3.00 bits per heavy atom. The van der Waals surface area contributed by atoms with Crippen molar-refractivity contribution in [3.63, 3.8) is 0 Å². The van der Waals surface area contributed by atoms with Crippen LogP contribution < -0.4 is 10.2 Å². The molecule has 5 heteroatoms. The van der Waals surface area contributed by atoms with E-state index >= 15 is 0 Å². The molecule has 4 nitrogen and oxygen atoms in total. The van der Waals surface area contributed by atoms with Gasteiger partial charge < -0.3 is 4.90 Å². The van der Waals surface area contributed by atoms with E-state index in [1.165, 1.54) is 29.1 Å². The van der Waals surface area contributed by atoms with Crippen LogP contribution in [0, 0.1) is 5.92 Å². The Labute approximate surface area is 99.7 Å². The van der Waals surface area contributed by atoms with Gasteiger partial charge in [0.25, 0.3) is 5.91 Å². The first kappa shape index (κ1) is 11.5. The van der Waals surface area contributed by atoms with E-state index in [2.05, 4.69) is 17.2 Å². The number of likely N-dealkylation sites (tertiary alicyclic amines) is 1. The number of piperidine rings is 1. The Morgan fingerprint density at radius 2 is 2.38 bits per heavy atom. The van der Waals surface area contributed by atoms with Crippen molar-refractivity contribution in [3.05, 3.63) is 11.6 Å². The quantitative estimate of drug-likeness (QED) is 0.803. The molecule has 1 fully saturated rings. The van der Waals surface area contributed by atoms with E-state index in [9.17, 15) is 4.79 Å². The van der Waals surface area contributed by atoms with Crippen LogP contribution in [0.5, 0.6) is 0 Å². The zero-order chi connectivity index (χ0) is 11.4. The molecule has 0 aromatic carbocycles. The number of thiazole rings is 1. The molecule has 1 aromatic heterocycles. The van der Waals surface area contributed by atoms with Crippen molar-refractivity contribution >= 4 is 22.4 Å². The molecule has 0 atom stereocenters. The largest absolute Gasteiger partial charge is 0.327 e. The summed E-state index contributed by atoms with van der Waals surface area (Å²) in [6.45, 7) is 5.09. The molecule has 16 heavy (non-hydrogen) atoms. The summed E-state index contributed by atoms with van der Waals surface area (Å²) in [7, 11) is 0. The van der Waals surface area contributed by atoms with Gasteiger partial charge in [0.05, 0.1) is 13.1 Å². The molecule has 88 valence electrons. The van der Waals surface area contributed by atoms with E-state index < -0.39 is 0 Å². The van der Waals surface area contributed by atoms with Crippen molar-refractivity contribution < 1.29 is 9.69 Å². The number of hydrogen-bond donors (Lipinski definition) is 2. The van der Waals surface area contributed by atoms with Crippen LogP contribution >= 0.6 is 11.3 Å². The lowest BCUT2D eigenvalue weighted by atomic mass is 9.99. The number of aromatic nitrogens is 1. The Hall–Kier alpha value is -0.940. The monoisotopic (exact) mass is 240 g/mol. The van der Waals surface area contributed by atoms with Crippen molar-refractivity contribution in [3.8, 4) is 0 Å². The maximum atomic E-state index is 11.7. The highest BCUT2D eigenvalue weighted by atomic mass is 32.1. The van der Waals surface area contributed by atoms with Gasteiger partial charge in [0, 0.05) is 11.6 Å². The van der Waals surface area contributed by atoms with Crippen molar-refractivity contribution in [1.29, 1.82) is 0 Å². The molecule has 1 aliphatic rings. The second-order valence-corrected chi connectivity index (χ2v) is 5.39. The molecule has 0 radical (unpaired) electrons. The Kier molecular flexibility index (Phi) is 3.90. The number of quaternary nitrogens is 1. The number of nitrogens with one attached hydrogen (secondary N) is 2. The smallest absolute Gasteiger partial charge is 0.281 e. The van der Waals surface area contributed by atoms with Gasteiger partial charge >= 0.3 is 0 Å². The van der Waals surface area contributed by atoms with Crippen LogP contribution in [0.3, 0.4) is 0 Å². The van der Waals surface area contributed by atoms with Crippen LogP contribution in [-0.4, -0.2) is 30.5 Å². The predicted molar refractivity (Wildman–Crippen MR) is 64.7 cm³/mol. The number of rotatable bonds is 3. The minimum absolute atomic E-state index is 0.0829. The number of carbonyl (C=O) groups excluding carboxylic acids is 1. The van der Waals surface area contributed by atoms with Crippen molar-refractivity contribution in [2.24, 2.45) is 5.92 Å². The summed E-state index contributed by atoms with van der Waals surface area (Å²) in [6.07, 6.45) is 4.18. The molecule has 0 bridgehead atoms. The summed E-state index contributed by atoms with van der Waals surface area (Å²) in [5.41, 5.74) is 0. The van der Waals surface area contributed by atoms with Gasteiger partial charge in [-0.2, -0.15) is 0 Å². The van der Waals surface area contributed by atoms with Crippen LogP contribution in [0.1, 0.15) is 19.8 Å². The molecule has 0 unspecified atom stereocenters. The van der Waals surface area contributed by atoms with E-state index in [4.69, 9.17) is 0 Å². The van der Waals surface area contributed by atoms with Gasteiger partial charge in [0.15, 0.2) is 11.7 Å². The van der Waals surface area contributed by atoms with Gasteiger partial charge in [-0.1, -0.05) is 6.92 Å². The Bertz CT molecular complexity index is 331. The number of nitrogens with zero attached hydrogens (tertiary/aromatic N) is 1. The van der Waals surface area contributed by atoms with Crippen molar-refractivity contribution in [1.82, 2.24) is 4.98 Å². The fourth-order valence-corrected chi connectivity index (χ4v) is 2.57. The minimum Gasteiger partial charge on any atom is -0.327 e. The van der Waals surface area contributed by atoms with Gasteiger partial charge in [0.2, 0.25) is 0 Å². The first-order valence-corrected chi connectivity index (χ1v) is 6.65. The molecule has 2 rings (SSSR count). The first-order valence-electron chi connectivity index (χ1n) is 5.77.